The maximum absolute atomic E-state index is 11.6. The molecule has 204 valence electrons. The molecule has 14 atom stereocenters. The molecule has 16 heteroatoms. The topological polar surface area (TPSA) is 297 Å². The van der Waals surface area contributed by atoms with Crippen LogP contribution in [0.3, 0.4) is 0 Å². The fraction of sp³-hybridized carbons (Fsp3) is 0.947. The summed E-state index contributed by atoms with van der Waals surface area (Å²) in [5, 5.41) is 53.6. The van der Waals surface area contributed by atoms with Crippen LogP contribution in [0.15, 0.2) is 0 Å². The first-order chi connectivity index (χ1) is 16.5. The van der Waals surface area contributed by atoms with Crippen molar-refractivity contribution >= 4 is 6.03 Å². The average molecular weight is 511 g/mol. The van der Waals surface area contributed by atoms with E-state index in [2.05, 4.69) is 5.32 Å². The van der Waals surface area contributed by atoms with E-state index in [0.717, 1.165) is 0 Å². The van der Waals surface area contributed by atoms with Gasteiger partial charge in [0.1, 0.15) is 36.6 Å². The van der Waals surface area contributed by atoms with Crippen LogP contribution in [0, 0.1) is 0 Å². The Hall–Kier alpha value is -1.25. The van der Waals surface area contributed by atoms with Crippen molar-refractivity contribution in [2.45, 2.75) is 98.4 Å². The van der Waals surface area contributed by atoms with E-state index in [0.29, 0.717) is 0 Å². The summed E-state index contributed by atoms with van der Waals surface area (Å²) in [5.41, 5.74) is 29.0. The number of nitrogens with one attached hydrogen (secondary N) is 1. The van der Waals surface area contributed by atoms with Crippen molar-refractivity contribution in [3.63, 3.8) is 0 Å². The number of aliphatic hydroxyl groups is 5. The molecule has 0 spiro atoms. The van der Waals surface area contributed by atoms with Crippen LogP contribution in [0.4, 0.5) is 4.79 Å². The van der Waals surface area contributed by atoms with Crippen LogP contribution in [-0.2, 0) is 18.9 Å². The highest BCUT2D eigenvalue weighted by Crippen LogP contribution is 2.31. The smallest absolute Gasteiger partial charge is 0.312 e. The van der Waals surface area contributed by atoms with Gasteiger partial charge in [-0.3, -0.25) is 0 Å². The fourth-order valence-corrected chi connectivity index (χ4v) is 4.71. The Balaban J connectivity index is 1.78. The van der Waals surface area contributed by atoms with E-state index in [4.69, 9.17) is 47.6 Å². The van der Waals surface area contributed by atoms with E-state index in [-0.39, 0.29) is 19.4 Å². The predicted octanol–water partition coefficient (Wildman–Crippen LogP) is -6.59. The molecule has 0 aromatic heterocycles. The quantitative estimate of drug-likeness (QED) is 0.152. The molecule has 3 fully saturated rings. The molecule has 0 aromatic carbocycles. The lowest BCUT2D eigenvalue weighted by molar-refractivity contribution is -0.315. The molecular weight excluding hydrogens is 472 g/mol. The Labute approximate surface area is 201 Å². The Bertz CT molecular complexity index is 709. The van der Waals surface area contributed by atoms with Gasteiger partial charge in [-0.2, -0.15) is 0 Å². The highest BCUT2D eigenvalue weighted by atomic mass is 16.7. The normalized spacial score (nSPS) is 48.9. The Morgan fingerprint density at radius 3 is 2.11 bits per heavy atom. The number of hydrogen-bond donors (Lipinski definition) is 11. The van der Waals surface area contributed by atoms with E-state index in [9.17, 15) is 30.3 Å². The lowest BCUT2D eigenvalue weighted by atomic mass is 9.83. The lowest BCUT2D eigenvalue weighted by Crippen LogP contribution is -2.69. The Morgan fingerprint density at radius 1 is 0.886 bits per heavy atom. The molecule has 2 amide bonds. The summed E-state index contributed by atoms with van der Waals surface area (Å²) in [6, 6.07) is -4.64. The molecule has 16 nitrogen and oxygen atoms in total. The molecule has 0 bridgehead atoms. The first-order valence-corrected chi connectivity index (χ1v) is 11.5. The minimum absolute atomic E-state index is 0.00439. The van der Waals surface area contributed by atoms with Gasteiger partial charge in [-0.1, -0.05) is 0 Å². The van der Waals surface area contributed by atoms with Gasteiger partial charge in [0.2, 0.25) is 0 Å². The van der Waals surface area contributed by atoms with Crippen LogP contribution >= 0.6 is 0 Å². The highest BCUT2D eigenvalue weighted by molar-refractivity contribution is 5.72. The summed E-state index contributed by atoms with van der Waals surface area (Å²) in [6.07, 6.45) is -12.0. The third kappa shape index (κ3) is 6.19. The summed E-state index contributed by atoms with van der Waals surface area (Å²) in [7, 11) is 0. The van der Waals surface area contributed by atoms with Gasteiger partial charge < -0.3 is 78.5 Å². The summed E-state index contributed by atoms with van der Waals surface area (Å²) in [4.78, 5) is 11.6. The van der Waals surface area contributed by atoms with Gasteiger partial charge in [-0.15, -0.1) is 0 Å². The molecule has 2 heterocycles. The molecule has 2 saturated heterocycles. The van der Waals surface area contributed by atoms with Gasteiger partial charge in [0.25, 0.3) is 0 Å². The number of urea groups is 1. The van der Waals surface area contributed by atoms with Crippen molar-refractivity contribution in [2.24, 2.45) is 28.7 Å². The first-order valence-electron chi connectivity index (χ1n) is 11.5. The molecule has 2 aliphatic heterocycles. The molecule has 3 aliphatic rings. The van der Waals surface area contributed by atoms with Gasteiger partial charge in [0.15, 0.2) is 12.6 Å². The fourth-order valence-electron chi connectivity index (χ4n) is 4.71. The Kier molecular flexibility index (Phi) is 9.60. The SMILES string of the molecule is NC[C@@H]1O[C@H](O[C@H]2[C@@H](O)[C@H](O[C@H]3O[C@@H](CO)[C@@H](O)[C@H](N)[C@H]3O)[C@H](N)C[C@H]2NC(N)=O)[C@H](N)C[C@@H]1O. The van der Waals surface area contributed by atoms with Gasteiger partial charge in [-0.25, -0.2) is 4.79 Å². The Morgan fingerprint density at radius 2 is 1.51 bits per heavy atom. The monoisotopic (exact) mass is 510 g/mol. The van der Waals surface area contributed by atoms with Gasteiger partial charge in [-0.05, 0) is 12.8 Å². The average Bonchev–Trinajstić information content (AvgIpc) is 2.79. The zero-order chi connectivity index (χ0) is 26.0. The van der Waals surface area contributed by atoms with E-state index >= 15 is 0 Å². The number of hydrogen-bond acceptors (Lipinski definition) is 14. The molecule has 1 aliphatic carbocycles. The molecule has 0 unspecified atom stereocenters. The minimum atomic E-state index is -1.51. The molecule has 0 aromatic rings. The minimum Gasteiger partial charge on any atom is -0.394 e. The zero-order valence-corrected chi connectivity index (χ0v) is 19.1. The van der Waals surface area contributed by atoms with Crippen molar-refractivity contribution in [3.05, 3.63) is 0 Å². The summed E-state index contributed by atoms with van der Waals surface area (Å²) in [6.45, 7) is -0.599. The standard InChI is InChI=1S/C19H38N6O10/c20-3-9-8(27)2-6(22)17(32-9)35-16-7(25-19(24)31)1-5(21)15(14(16)30)34-18-13(29)11(23)12(28)10(4-26)33-18/h5-18,26-30H,1-4,20-23H2,(H3,24,25,31)/t5-,6-,7-,8+,9+,10+,11+,12-,13-,14+,15-,16-,17-,18-/m1/s1. The van der Waals surface area contributed by atoms with Gasteiger partial charge >= 0.3 is 6.03 Å². The van der Waals surface area contributed by atoms with Gasteiger partial charge in [0, 0.05) is 12.6 Å². The van der Waals surface area contributed by atoms with E-state index in [1.807, 2.05) is 0 Å². The summed E-state index contributed by atoms with van der Waals surface area (Å²) in [5.74, 6) is 0. The second-order valence-electron chi connectivity index (χ2n) is 9.24. The second kappa shape index (κ2) is 11.9. The van der Waals surface area contributed by atoms with Crippen molar-refractivity contribution in [1.82, 2.24) is 5.32 Å². The van der Waals surface area contributed by atoms with E-state index in [1.165, 1.54) is 0 Å². The lowest BCUT2D eigenvalue weighted by Gasteiger charge is -2.48. The third-order valence-electron chi connectivity index (χ3n) is 6.70. The molecule has 3 rings (SSSR count). The number of carbonyl (C=O) groups excluding carboxylic acids is 1. The molecule has 1 saturated carbocycles. The second-order valence-corrected chi connectivity index (χ2v) is 9.24. The summed E-state index contributed by atoms with van der Waals surface area (Å²) < 4.78 is 22.8. The van der Waals surface area contributed by atoms with Crippen molar-refractivity contribution in [1.29, 1.82) is 0 Å². The number of primary amides is 1. The number of rotatable bonds is 7. The maximum atomic E-state index is 11.6. The van der Waals surface area contributed by atoms with Crippen molar-refractivity contribution < 1.29 is 49.3 Å². The molecule has 35 heavy (non-hydrogen) atoms. The molecular formula is C19H38N6O10. The van der Waals surface area contributed by atoms with Crippen LogP contribution in [0.5, 0.6) is 0 Å². The van der Waals surface area contributed by atoms with Crippen LogP contribution in [-0.4, -0.2) is 130 Å². The van der Waals surface area contributed by atoms with Crippen LogP contribution in [0.1, 0.15) is 12.8 Å². The van der Waals surface area contributed by atoms with E-state index < -0.39 is 98.2 Å². The number of ether oxygens (including phenoxy) is 4. The summed E-state index contributed by atoms with van der Waals surface area (Å²) >= 11 is 0. The largest absolute Gasteiger partial charge is 0.394 e. The number of amides is 2. The van der Waals surface area contributed by atoms with Crippen LogP contribution < -0.4 is 34.0 Å². The molecule has 16 N–H and O–H groups in total. The van der Waals surface area contributed by atoms with Crippen LogP contribution in [0.25, 0.3) is 0 Å². The van der Waals surface area contributed by atoms with E-state index in [1.54, 1.807) is 0 Å². The zero-order valence-electron chi connectivity index (χ0n) is 19.1. The molecule has 0 radical (unpaired) electrons. The van der Waals surface area contributed by atoms with Gasteiger partial charge in [0.05, 0.1) is 36.9 Å². The van der Waals surface area contributed by atoms with Crippen molar-refractivity contribution in [2.75, 3.05) is 13.2 Å². The maximum Gasteiger partial charge on any atom is 0.312 e. The highest BCUT2D eigenvalue weighted by Gasteiger charge is 2.51. The third-order valence-corrected chi connectivity index (χ3v) is 6.70. The predicted molar refractivity (Wildman–Crippen MR) is 117 cm³/mol. The number of aliphatic hydroxyl groups excluding tert-OH is 5. The number of nitrogens with two attached hydrogens (primary N) is 5. The number of carbonyl (C=O) groups is 1. The van der Waals surface area contributed by atoms with Crippen LogP contribution in [0.2, 0.25) is 0 Å². The first kappa shape index (κ1) is 28.3. The van der Waals surface area contributed by atoms with Crippen molar-refractivity contribution in [3.8, 4) is 0 Å².